The summed E-state index contributed by atoms with van der Waals surface area (Å²) < 4.78 is 0. The number of hydrazine groups is 1. The molecule has 5 heteroatoms. The molecule has 0 radical (unpaired) electrons. The van der Waals surface area contributed by atoms with E-state index in [0.29, 0.717) is 11.7 Å². The standard InChI is InChI=1S/C15H26N4O/c1-4-5-6-10-19(12(2)3)11-13-8-7-9-14(17-13)15(20)18-16/h7-9,12H,4-6,10-11,16H2,1-3H3,(H,18,20). The molecule has 3 N–H and O–H groups in total. The highest BCUT2D eigenvalue weighted by molar-refractivity contribution is 5.91. The third kappa shape index (κ3) is 5.27. The van der Waals surface area contributed by atoms with Crippen LogP contribution in [0.3, 0.4) is 0 Å². The van der Waals surface area contributed by atoms with E-state index >= 15 is 0 Å². The summed E-state index contributed by atoms with van der Waals surface area (Å²) >= 11 is 0. The molecule has 0 saturated carbocycles. The van der Waals surface area contributed by atoms with E-state index in [1.54, 1.807) is 6.07 Å². The SMILES string of the molecule is CCCCCN(Cc1cccc(C(=O)NN)n1)C(C)C. The molecule has 1 rings (SSSR count). The van der Waals surface area contributed by atoms with E-state index in [-0.39, 0.29) is 5.91 Å². The third-order valence-electron chi connectivity index (χ3n) is 3.31. The zero-order chi connectivity index (χ0) is 15.0. The van der Waals surface area contributed by atoms with E-state index in [1.165, 1.54) is 19.3 Å². The summed E-state index contributed by atoms with van der Waals surface area (Å²) in [5.41, 5.74) is 3.37. The zero-order valence-electron chi connectivity index (χ0n) is 12.7. The predicted octanol–water partition coefficient (Wildman–Crippen LogP) is 2.09. The fourth-order valence-corrected chi connectivity index (χ4v) is 2.06. The van der Waals surface area contributed by atoms with Crippen LogP contribution >= 0.6 is 0 Å². The molecule has 0 aliphatic rings. The molecule has 1 aromatic rings. The predicted molar refractivity (Wildman–Crippen MR) is 81.0 cm³/mol. The molecule has 5 nitrogen and oxygen atoms in total. The van der Waals surface area contributed by atoms with Gasteiger partial charge in [0, 0.05) is 12.6 Å². The smallest absolute Gasteiger partial charge is 0.283 e. The molecule has 0 fully saturated rings. The Morgan fingerprint density at radius 1 is 1.40 bits per heavy atom. The number of aromatic nitrogens is 1. The van der Waals surface area contributed by atoms with Crippen molar-refractivity contribution in [3.63, 3.8) is 0 Å². The van der Waals surface area contributed by atoms with E-state index in [2.05, 4.69) is 36.1 Å². The minimum absolute atomic E-state index is 0.353. The van der Waals surface area contributed by atoms with Crippen LogP contribution in [0.1, 0.15) is 56.2 Å². The largest absolute Gasteiger partial charge is 0.295 e. The van der Waals surface area contributed by atoms with E-state index in [4.69, 9.17) is 5.84 Å². The molecule has 0 atom stereocenters. The molecule has 0 spiro atoms. The van der Waals surface area contributed by atoms with Crippen molar-refractivity contribution in [3.8, 4) is 0 Å². The first kappa shape index (κ1) is 16.6. The number of carbonyl (C=O) groups excluding carboxylic acids is 1. The van der Waals surface area contributed by atoms with Gasteiger partial charge in [-0.3, -0.25) is 15.1 Å². The molecule has 0 aliphatic carbocycles. The number of hydrogen-bond donors (Lipinski definition) is 2. The quantitative estimate of drug-likeness (QED) is 0.330. The Hall–Kier alpha value is -1.46. The summed E-state index contributed by atoms with van der Waals surface area (Å²) in [4.78, 5) is 18.2. The lowest BCUT2D eigenvalue weighted by atomic mass is 10.2. The van der Waals surface area contributed by atoms with E-state index < -0.39 is 0 Å². The van der Waals surface area contributed by atoms with Crippen molar-refractivity contribution in [1.29, 1.82) is 0 Å². The number of nitrogens with zero attached hydrogens (tertiary/aromatic N) is 2. The molecule has 0 unspecified atom stereocenters. The van der Waals surface area contributed by atoms with Gasteiger partial charge in [-0.2, -0.15) is 0 Å². The summed E-state index contributed by atoms with van der Waals surface area (Å²) in [5.74, 6) is 4.78. The number of nitrogen functional groups attached to an aromatic ring is 1. The second kappa shape index (κ2) is 8.66. The second-order valence-electron chi connectivity index (χ2n) is 5.26. The monoisotopic (exact) mass is 278 g/mol. The van der Waals surface area contributed by atoms with Crippen LogP contribution in [0.5, 0.6) is 0 Å². The maximum absolute atomic E-state index is 11.5. The average Bonchev–Trinajstić information content (AvgIpc) is 2.45. The van der Waals surface area contributed by atoms with Gasteiger partial charge in [-0.25, -0.2) is 10.8 Å². The maximum atomic E-state index is 11.5. The van der Waals surface area contributed by atoms with E-state index in [0.717, 1.165) is 18.8 Å². The molecule has 112 valence electrons. The van der Waals surface area contributed by atoms with Gasteiger partial charge in [0.1, 0.15) is 5.69 Å². The highest BCUT2D eigenvalue weighted by atomic mass is 16.2. The van der Waals surface area contributed by atoms with Gasteiger partial charge < -0.3 is 0 Å². The highest BCUT2D eigenvalue weighted by Crippen LogP contribution is 2.09. The Balaban J connectivity index is 2.70. The van der Waals surface area contributed by atoms with Crippen molar-refractivity contribution >= 4 is 5.91 Å². The maximum Gasteiger partial charge on any atom is 0.283 e. The topological polar surface area (TPSA) is 71.2 Å². The molecule has 1 aromatic heterocycles. The summed E-state index contributed by atoms with van der Waals surface area (Å²) in [6.45, 7) is 8.38. The lowest BCUT2D eigenvalue weighted by Crippen LogP contribution is -2.33. The zero-order valence-corrected chi connectivity index (χ0v) is 12.7. The van der Waals surface area contributed by atoms with Crippen molar-refractivity contribution in [3.05, 3.63) is 29.6 Å². The van der Waals surface area contributed by atoms with Crippen LogP contribution in [0, 0.1) is 0 Å². The van der Waals surface area contributed by atoms with E-state index in [1.807, 2.05) is 12.1 Å². The van der Waals surface area contributed by atoms with Crippen molar-refractivity contribution in [2.75, 3.05) is 6.54 Å². The van der Waals surface area contributed by atoms with Crippen molar-refractivity contribution in [2.45, 2.75) is 52.6 Å². The van der Waals surface area contributed by atoms with Crippen LogP contribution in [-0.2, 0) is 6.54 Å². The first-order valence-electron chi connectivity index (χ1n) is 7.29. The Morgan fingerprint density at radius 2 is 2.15 bits per heavy atom. The Kier molecular flexibility index (Phi) is 7.18. The molecule has 0 aromatic carbocycles. The highest BCUT2D eigenvalue weighted by Gasteiger charge is 2.12. The van der Waals surface area contributed by atoms with Crippen LogP contribution in [0.4, 0.5) is 0 Å². The van der Waals surface area contributed by atoms with Crippen molar-refractivity contribution in [1.82, 2.24) is 15.3 Å². The molecule has 0 aliphatic heterocycles. The van der Waals surface area contributed by atoms with Gasteiger partial charge >= 0.3 is 0 Å². The lowest BCUT2D eigenvalue weighted by Gasteiger charge is -2.26. The van der Waals surface area contributed by atoms with Gasteiger partial charge in [0.2, 0.25) is 0 Å². The normalized spacial score (nSPS) is 11.1. The Morgan fingerprint density at radius 3 is 2.75 bits per heavy atom. The van der Waals surface area contributed by atoms with Crippen molar-refractivity contribution < 1.29 is 4.79 Å². The molecule has 1 heterocycles. The number of unbranched alkanes of at least 4 members (excludes halogenated alkanes) is 2. The van der Waals surface area contributed by atoms with Gasteiger partial charge in [0.15, 0.2) is 0 Å². The summed E-state index contributed by atoms with van der Waals surface area (Å²) in [7, 11) is 0. The number of nitrogens with one attached hydrogen (secondary N) is 1. The third-order valence-corrected chi connectivity index (χ3v) is 3.31. The molecular formula is C15H26N4O. The van der Waals surface area contributed by atoms with Crippen LogP contribution in [0.2, 0.25) is 0 Å². The fraction of sp³-hybridized carbons (Fsp3) is 0.600. The molecule has 20 heavy (non-hydrogen) atoms. The first-order valence-corrected chi connectivity index (χ1v) is 7.29. The molecular weight excluding hydrogens is 252 g/mol. The lowest BCUT2D eigenvalue weighted by molar-refractivity contribution is 0.0948. The van der Waals surface area contributed by atoms with Crippen LogP contribution in [0.25, 0.3) is 0 Å². The Labute approximate surface area is 121 Å². The molecule has 0 bridgehead atoms. The van der Waals surface area contributed by atoms with Crippen molar-refractivity contribution in [2.24, 2.45) is 5.84 Å². The van der Waals surface area contributed by atoms with Crippen LogP contribution < -0.4 is 11.3 Å². The summed E-state index contributed by atoms with van der Waals surface area (Å²) in [5, 5.41) is 0. The van der Waals surface area contributed by atoms with E-state index in [9.17, 15) is 4.79 Å². The number of nitrogens with two attached hydrogens (primary N) is 1. The van der Waals surface area contributed by atoms with Crippen LogP contribution in [0.15, 0.2) is 18.2 Å². The van der Waals surface area contributed by atoms with Gasteiger partial charge in [0.25, 0.3) is 5.91 Å². The number of amides is 1. The number of rotatable bonds is 8. The van der Waals surface area contributed by atoms with Gasteiger partial charge in [-0.15, -0.1) is 0 Å². The summed E-state index contributed by atoms with van der Waals surface area (Å²) in [6.07, 6.45) is 3.65. The van der Waals surface area contributed by atoms with Crippen LogP contribution in [-0.4, -0.2) is 28.4 Å². The van der Waals surface area contributed by atoms with Gasteiger partial charge in [-0.05, 0) is 38.9 Å². The molecule has 0 saturated heterocycles. The Bertz CT molecular complexity index is 420. The summed E-state index contributed by atoms with van der Waals surface area (Å²) in [6, 6.07) is 5.92. The fourth-order valence-electron chi connectivity index (χ4n) is 2.06. The minimum Gasteiger partial charge on any atom is -0.295 e. The minimum atomic E-state index is -0.353. The van der Waals surface area contributed by atoms with Gasteiger partial charge in [-0.1, -0.05) is 25.8 Å². The second-order valence-corrected chi connectivity index (χ2v) is 5.26. The number of carbonyl (C=O) groups is 1. The molecule has 1 amide bonds. The first-order chi connectivity index (χ1) is 9.58. The van der Waals surface area contributed by atoms with Gasteiger partial charge in [0.05, 0.1) is 5.69 Å². The average molecular weight is 278 g/mol. The number of pyridine rings is 1. The number of hydrogen-bond acceptors (Lipinski definition) is 4.